The van der Waals surface area contributed by atoms with Crippen molar-refractivity contribution in [3.05, 3.63) is 0 Å². The summed E-state index contributed by atoms with van der Waals surface area (Å²) < 4.78 is 0. The van der Waals surface area contributed by atoms with Crippen LogP contribution in [0, 0.1) is 5.92 Å². The first-order valence-electron chi connectivity index (χ1n) is 7.27. The summed E-state index contributed by atoms with van der Waals surface area (Å²) in [4.78, 5) is 5.04. The van der Waals surface area contributed by atoms with Crippen LogP contribution in [-0.2, 0) is 0 Å². The van der Waals surface area contributed by atoms with Crippen molar-refractivity contribution in [3.8, 4) is 0 Å². The van der Waals surface area contributed by atoms with Crippen LogP contribution in [0.1, 0.15) is 32.6 Å². The molecule has 100 valence electrons. The molecule has 2 aliphatic rings. The monoisotopic (exact) mass is 239 g/mol. The van der Waals surface area contributed by atoms with E-state index in [-0.39, 0.29) is 0 Å². The van der Waals surface area contributed by atoms with Crippen LogP contribution in [0.3, 0.4) is 0 Å². The fourth-order valence-electron chi connectivity index (χ4n) is 2.80. The Balaban J connectivity index is 1.62. The molecule has 1 heterocycles. The SMILES string of the molecule is CC(CNC1CC1)CN(C)C1CCN(C)CC1. The summed E-state index contributed by atoms with van der Waals surface area (Å²) >= 11 is 0. The van der Waals surface area contributed by atoms with Gasteiger partial charge in [-0.3, -0.25) is 0 Å². The first-order chi connectivity index (χ1) is 8.15. The quantitative estimate of drug-likeness (QED) is 0.756. The van der Waals surface area contributed by atoms with E-state index in [1.807, 2.05) is 0 Å². The topological polar surface area (TPSA) is 18.5 Å². The van der Waals surface area contributed by atoms with Gasteiger partial charge in [0.2, 0.25) is 0 Å². The van der Waals surface area contributed by atoms with Crippen molar-refractivity contribution in [1.82, 2.24) is 15.1 Å². The number of nitrogens with zero attached hydrogens (tertiary/aromatic N) is 2. The van der Waals surface area contributed by atoms with Crippen molar-refractivity contribution in [2.45, 2.75) is 44.7 Å². The minimum absolute atomic E-state index is 0.778. The molecule has 1 N–H and O–H groups in total. The fourth-order valence-corrected chi connectivity index (χ4v) is 2.80. The van der Waals surface area contributed by atoms with Gasteiger partial charge in [0.25, 0.3) is 0 Å². The standard InChI is InChI=1S/C14H29N3/c1-12(10-15-13-4-5-13)11-17(3)14-6-8-16(2)9-7-14/h12-15H,4-11H2,1-3H3. The molecular weight excluding hydrogens is 210 g/mol. The molecule has 1 aliphatic heterocycles. The molecule has 1 saturated carbocycles. The number of piperidine rings is 1. The van der Waals surface area contributed by atoms with Gasteiger partial charge in [0, 0.05) is 18.6 Å². The maximum absolute atomic E-state index is 3.64. The van der Waals surface area contributed by atoms with Gasteiger partial charge in [-0.1, -0.05) is 6.92 Å². The molecule has 0 aromatic carbocycles. The van der Waals surface area contributed by atoms with Gasteiger partial charge < -0.3 is 15.1 Å². The molecule has 0 bridgehead atoms. The van der Waals surface area contributed by atoms with E-state index in [0.29, 0.717) is 0 Å². The number of likely N-dealkylation sites (tertiary alicyclic amines) is 1. The van der Waals surface area contributed by atoms with Crippen LogP contribution in [0.5, 0.6) is 0 Å². The van der Waals surface area contributed by atoms with E-state index in [4.69, 9.17) is 0 Å². The Morgan fingerprint density at radius 1 is 1.24 bits per heavy atom. The van der Waals surface area contributed by atoms with Gasteiger partial charge >= 0.3 is 0 Å². The zero-order chi connectivity index (χ0) is 12.3. The normalized spacial score (nSPS) is 25.4. The predicted molar refractivity (Wildman–Crippen MR) is 73.3 cm³/mol. The van der Waals surface area contributed by atoms with Crippen LogP contribution < -0.4 is 5.32 Å². The average Bonchev–Trinajstić information content (AvgIpc) is 3.11. The Morgan fingerprint density at radius 3 is 2.47 bits per heavy atom. The van der Waals surface area contributed by atoms with Gasteiger partial charge in [-0.25, -0.2) is 0 Å². The number of hydrogen-bond acceptors (Lipinski definition) is 3. The molecule has 1 saturated heterocycles. The summed E-state index contributed by atoms with van der Waals surface area (Å²) in [6.45, 7) is 7.35. The Labute approximate surface area is 107 Å². The first kappa shape index (κ1) is 13.3. The van der Waals surface area contributed by atoms with Gasteiger partial charge in [0.1, 0.15) is 0 Å². The maximum Gasteiger partial charge on any atom is 0.0117 e. The Hall–Kier alpha value is -0.120. The van der Waals surface area contributed by atoms with E-state index in [2.05, 4.69) is 36.1 Å². The van der Waals surface area contributed by atoms with E-state index in [1.54, 1.807) is 0 Å². The summed E-state index contributed by atoms with van der Waals surface area (Å²) in [5.74, 6) is 0.778. The highest BCUT2D eigenvalue weighted by Gasteiger charge is 2.23. The summed E-state index contributed by atoms with van der Waals surface area (Å²) in [5, 5.41) is 3.64. The average molecular weight is 239 g/mol. The third-order valence-electron chi connectivity index (χ3n) is 4.24. The molecule has 1 atom stereocenters. The van der Waals surface area contributed by atoms with Crippen molar-refractivity contribution in [2.75, 3.05) is 40.3 Å². The Morgan fingerprint density at radius 2 is 1.88 bits per heavy atom. The van der Waals surface area contributed by atoms with Gasteiger partial charge in [0.15, 0.2) is 0 Å². The smallest absolute Gasteiger partial charge is 0.0117 e. The second-order valence-corrected chi connectivity index (χ2v) is 6.26. The molecule has 2 fully saturated rings. The highest BCUT2D eigenvalue weighted by Crippen LogP contribution is 2.19. The molecule has 0 aromatic heterocycles. The number of nitrogens with one attached hydrogen (secondary N) is 1. The van der Waals surface area contributed by atoms with Crippen LogP contribution in [-0.4, -0.2) is 62.2 Å². The van der Waals surface area contributed by atoms with Gasteiger partial charge in [-0.05, 0) is 65.3 Å². The zero-order valence-electron chi connectivity index (χ0n) is 11.8. The van der Waals surface area contributed by atoms with Crippen LogP contribution in [0.15, 0.2) is 0 Å². The first-order valence-corrected chi connectivity index (χ1v) is 7.27. The molecule has 1 unspecified atom stereocenters. The van der Waals surface area contributed by atoms with Gasteiger partial charge in [0.05, 0.1) is 0 Å². The molecule has 3 nitrogen and oxygen atoms in total. The second-order valence-electron chi connectivity index (χ2n) is 6.26. The van der Waals surface area contributed by atoms with Crippen LogP contribution in [0.2, 0.25) is 0 Å². The molecule has 3 heteroatoms. The second kappa shape index (κ2) is 6.17. The van der Waals surface area contributed by atoms with Crippen molar-refractivity contribution in [3.63, 3.8) is 0 Å². The van der Waals surface area contributed by atoms with Crippen LogP contribution in [0.4, 0.5) is 0 Å². The lowest BCUT2D eigenvalue weighted by atomic mass is 10.0. The molecule has 0 radical (unpaired) electrons. The third kappa shape index (κ3) is 4.57. The molecule has 0 aromatic rings. The molecular formula is C14H29N3. The Bertz CT molecular complexity index is 220. The van der Waals surface area contributed by atoms with E-state index in [0.717, 1.165) is 18.0 Å². The van der Waals surface area contributed by atoms with Gasteiger partial charge in [-0.2, -0.15) is 0 Å². The molecule has 0 spiro atoms. The third-order valence-corrected chi connectivity index (χ3v) is 4.24. The zero-order valence-corrected chi connectivity index (χ0v) is 11.8. The van der Waals surface area contributed by atoms with Crippen molar-refractivity contribution in [2.24, 2.45) is 5.92 Å². The van der Waals surface area contributed by atoms with E-state index in [9.17, 15) is 0 Å². The van der Waals surface area contributed by atoms with Gasteiger partial charge in [-0.15, -0.1) is 0 Å². The molecule has 2 rings (SSSR count). The lowest BCUT2D eigenvalue weighted by Crippen LogP contribution is -2.44. The highest BCUT2D eigenvalue weighted by atomic mass is 15.2. The number of rotatable bonds is 6. The van der Waals surface area contributed by atoms with E-state index >= 15 is 0 Å². The maximum atomic E-state index is 3.64. The lowest BCUT2D eigenvalue weighted by Gasteiger charge is -2.36. The Kier molecular flexibility index (Phi) is 4.83. The van der Waals surface area contributed by atoms with Crippen LogP contribution in [0.25, 0.3) is 0 Å². The molecule has 17 heavy (non-hydrogen) atoms. The van der Waals surface area contributed by atoms with Crippen molar-refractivity contribution < 1.29 is 0 Å². The van der Waals surface area contributed by atoms with Crippen molar-refractivity contribution in [1.29, 1.82) is 0 Å². The summed E-state index contributed by atoms with van der Waals surface area (Å²) in [5.41, 5.74) is 0. The largest absolute Gasteiger partial charge is 0.314 e. The van der Waals surface area contributed by atoms with E-state index < -0.39 is 0 Å². The van der Waals surface area contributed by atoms with E-state index in [1.165, 1.54) is 51.9 Å². The summed E-state index contributed by atoms with van der Waals surface area (Å²) in [6.07, 6.45) is 5.49. The summed E-state index contributed by atoms with van der Waals surface area (Å²) in [7, 11) is 4.54. The predicted octanol–water partition coefficient (Wildman–Crippen LogP) is 1.40. The van der Waals surface area contributed by atoms with Crippen molar-refractivity contribution >= 4 is 0 Å². The molecule has 0 amide bonds. The highest BCUT2D eigenvalue weighted by molar-refractivity contribution is 4.82. The lowest BCUT2D eigenvalue weighted by molar-refractivity contribution is 0.131. The van der Waals surface area contributed by atoms with Crippen LogP contribution >= 0.6 is 0 Å². The fraction of sp³-hybridized carbons (Fsp3) is 1.00. The number of hydrogen-bond donors (Lipinski definition) is 1. The minimum Gasteiger partial charge on any atom is -0.314 e. The molecule has 1 aliphatic carbocycles. The summed E-state index contributed by atoms with van der Waals surface area (Å²) in [6, 6.07) is 1.67. The minimum atomic E-state index is 0.778.